The third-order valence-electron chi connectivity index (χ3n) is 5.55. The molecule has 0 aromatic carbocycles. The molecule has 1 N–H and O–H groups in total. The van der Waals surface area contributed by atoms with E-state index >= 15 is 0 Å². The molecule has 1 saturated carbocycles. The average Bonchev–Trinajstić information content (AvgIpc) is 3.40. The maximum atomic E-state index is 13.0. The third-order valence-corrected chi connectivity index (χ3v) is 5.55. The van der Waals surface area contributed by atoms with Crippen molar-refractivity contribution in [1.29, 1.82) is 0 Å². The number of rotatable bonds is 5. The molecule has 2 aliphatic heterocycles. The van der Waals surface area contributed by atoms with Gasteiger partial charge in [-0.05, 0) is 37.3 Å². The molecule has 4 rings (SSSR count). The minimum absolute atomic E-state index is 0.0147. The van der Waals surface area contributed by atoms with E-state index in [0.29, 0.717) is 26.0 Å². The Bertz CT molecular complexity index is 722. The van der Waals surface area contributed by atoms with Crippen molar-refractivity contribution < 1.29 is 14.3 Å². The molecule has 1 saturated heterocycles. The highest BCUT2D eigenvalue weighted by molar-refractivity contribution is 5.85. The second kappa shape index (κ2) is 7.23. The van der Waals surface area contributed by atoms with E-state index in [2.05, 4.69) is 16.5 Å². The number of carbonyl (C=O) groups excluding carboxylic acids is 2. The summed E-state index contributed by atoms with van der Waals surface area (Å²) in [6, 6.07) is 1.97. The summed E-state index contributed by atoms with van der Waals surface area (Å²) in [5, 5.41) is 7.34. The fourth-order valence-electron chi connectivity index (χ4n) is 4.06. The van der Waals surface area contributed by atoms with E-state index < -0.39 is 0 Å². The Morgan fingerprint density at radius 1 is 1.38 bits per heavy atom. The SMILES string of the molecule is Cn1nccc1[C@@H]1[C@@H](C(=O)NCC2=CCCOC2)CCC(=O)N1C1CC1. The molecule has 1 aromatic rings. The van der Waals surface area contributed by atoms with Gasteiger partial charge in [0.1, 0.15) is 0 Å². The van der Waals surface area contributed by atoms with Crippen molar-refractivity contribution in [3.05, 3.63) is 29.6 Å². The Labute approximate surface area is 153 Å². The van der Waals surface area contributed by atoms with E-state index in [1.54, 1.807) is 10.9 Å². The number of nitrogens with one attached hydrogen (secondary N) is 1. The van der Waals surface area contributed by atoms with Crippen LogP contribution in [0.15, 0.2) is 23.9 Å². The largest absolute Gasteiger partial charge is 0.377 e. The fraction of sp³-hybridized carbons (Fsp3) is 0.632. The van der Waals surface area contributed by atoms with Crippen LogP contribution in [0.3, 0.4) is 0 Å². The zero-order valence-corrected chi connectivity index (χ0v) is 15.2. The highest BCUT2D eigenvalue weighted by Gasteiger charge is 2.47. The highest BCUT2D eigenvalue weighted by atomic mass is 16.5. The summed E-state index contributed by atoms with van der Waals surface area (Å²) >= 11 is 0. The molecule has 2 fully saturated rings. The lowest BCUT2D eigenvalue weighted by Gasteiger charge is -2.40. The van der Waals surface area contributed by atoms with Gasteiger partial charge in [-0.15, -0.1) is 0 Å². The molecule has 0 bridgehead atoms. The first-order valence-electron chi connectivity index (χ1n) is 9.47. The van der Waals surface area contributed by atoms with Crippen molar-refractivity contribution in [2.24, 2.45) is 13.0 Å². The highest BCUT2D eigenvalue weighted by Crippen LogP contribution is 2.43. The molecular formula is C19H26N4O3. The fourth-order valence-corrected chi connectivity index (χ4v) is 4.06. The number of hydrogen-bond donors (Lipinski definition) is 1. The molecule has 7 nitrogen and oxygen atoms in total. The van der Waals surface area contributed by atoms with Crippen molar-refractivity contribution in [3.63, 3.8) is 0 Å². The lowest BCUT2D eigenvalue weighted by molar-refractivity contribution is -0.144. The lowest BCUT2D eigenvalue weighted by Crippen LogP contribution is -2.49. The van der Waals surface area contributed by atoms with Crippen LogP contribution in [-0.4, -0.2) is 52.3 Å². The van der Waals surface area contributed by atoms with Gasteiger partial charge in [0.15, 0.2) is 0 Å². The zero-order valence-electron chi connectivity index (χ0n) is 15.2. The molecule has 3 aliphatic rings. The van der Waals surface area contributed by atoms with Crippen LogP contribution in [0.1, 0.15) is 43.8 Å². The van der Waals surface area contributed by atoms with Gasteiger partial charge in [-0.3, -0.25) is 14.3 Å². The summed E-state index contributed by atoms with van der Waals surface area (Å²) in [7, 11) is 1.87. The number of aromatic nitrogens is 2. The summed E-state index contributed by atoms with van der Waals surface area (Å²) in [6.07, 6.45) is 7.85. The van der Waals surface area contributed by atoms with Crippen LogP contribution in [0.25, 0.3) is 0 Å². The lowest BCUT2D eigenvalue weighted by atomic mass is 9.85. The molecule has 2 atom stereocenters. The monoisotopic (exact) mass is 358 g/mol. The Morgan fingerprint density at radius 2 is 2.23 bits per heavy atom. The predicted octanol–water partition coefficient (Wildman–Crippen LogP) is 1.33. The number of piperidine rings is 1. The molecule has 1 aromatic heterocycles. The molecule has 1 aliphatic carbocycles. The van der Waals surface area contributed by atoms with Gasteiger partial charge in [0.2, 0.25) is 11.8 Å². The quantitative estimate of drug-likeness (QED) is 0.806. The van der Waals surface area contributed by atoms with E-state index in [1.165, 1.54) is 0 Å². The smallest absolute Gasteiger partial charge is 0.225 e. The minimum atomic E-state index is -0.242. The molecule has 0 unspecified atom stereocenters. The standard InChI is InChI=1S/C19H26N4O3/c1-22-16(8-9-21-22)18-15(6-7-17(24)23(18)14-4-5-14)19(25)20-11-13-3-2-10-26-12-13/h3,8-9,14-15,18H,2,4-7,10-12H2,1H3,(H,20,25)/t15-,18-/m0/s1. The van der Waals surface area contributed by atoms with E-state index in [-0.39, 0.29) is 29.8 Å². The van der Waals surface area contributed by atoms with Crippen LogP contribution < -0.4 is 5.32 Å². The maximum Gasteiger partial charge on any atom is 0.225 e. The first-order valence-corrected chi connectivity index (χ1v) is 9.47. The van der Waals surface area contributed by atoms with E-state index in [9.17, 15) is 9.59 Å². The summed E-state index contributed by atoms with van der Waals surface area (Å²) in [5.74, 6) is -0.0687. The number of ether oxygens (including phenoxy) is 1. The normalized spacial score (nSPS) is 26.6. The van der Waals surface area contributed by atoms with Crippen LogP contribution in [0.5, 0.6) is 0 Å². The molecule has 0 spiro atoms. The van der Waals surface area contributed by atoms with Crippen molar-refractivity contribution in [3.8, 4) is 0 Å². The molecule has 3 heterocycles. The summed E-state index contributed by atoms with van der Waals surface area (Å²) < 4.78 is 7.23. The zero-order chi connectivity index (χ0) is 18.1. The second-order valence-electron chi connectivity index (χ2n) is 7.42. The Balaban J connectivity index is 1.54. The van der Waals surface area contributed by atoms with Gasteiger partial charge in [0, 0.05) is 32.3 Å². The van der Waals surface area contributed by atoms with Gasteiger partial charge >= 0.3 is 0 Å². The first kappa shape index (κ1) is 17.3. The number of aryl methyl sites for hydroxylation is 1. The van der Waals surface area contributed by atoms with Gasteiger partial charge in [0.05, 0.1) is 30.9 Å². The van der Waals surface area contributed by atoms with Gasteiger partial charge < -0.3 is 15.0 Å². The van der Waals surface area contributed by atoms with E-state index in [4.69, 9.17) is 4.74 Å². The van der Waals surface area contributed by atoms with E-state index in [0.717, 1.165) is 37.1 Å². The van der Waals surface area contributed by atoms with Gasteiger partial charge in [0.25, 0.3) is 0 Å². The Morgan fingerprint density at radius 3 is 2.88 bits per heavy atom. The van der Waals surface area contributed by atoms with Gasteiger partial charge in [-0.25, -0.2) is 0 Å². The van der Waals surface area contributed by atoms with Crippen LogP contribution >= 0.6 is 0 Å². The maximum absolute atomic E-state index is 13.0. The van der Waals surface area contributed by atoms with Crippen molar-refractivity contribution in [2.75, 3.05) is 19.8 Å². The van der Waals surface area contributed by atoms with Crippen LogP contribution in [0.2, 0.25) is 0 Å². The van der Waals surface area contributed by atoms with Crippen molar-refractivity contribution in [1.82, 2.24) is 20.0 Å². The predicted molar refractivity (Wildman–Crippen MR) is 95.1 cm³/mol. The van der Waals surface area contributed by atoms with E-state index in [1.807, 2.05) is 18.0 Å². The number of amides is 2. The summed E-state index contributed by atoms with van der Waals surface area (Å²) in [5.41, 5.74) is 2.05. The van der Waals surface area contributed by atoms with Gasteiger partial charge in [-0.1, -0.05) is 6.08 Å². The number of carbonyl (C=O) groups is 2. The van der Waals surface area contributed by atoms with Crippen LogP contribution in [0, 0.1) is 5.92 Å². The topological polar surface area (TPSA) is 76.5 Å². The summed E-state index contributed by atoms with van der Waals surface area (Å²) in [6.45, 7) is 1.86. The first-order chi connectivity index (χ1) is 12.6. The van der Waals surface area contributed by atoms with Crippen LogP contribution in [0.4, 0.5) is 0 Å². The third kappa shape index (κ3) is 3.40. The molecular weight excluding hydrogens is 332 g/mol. The number of likely N-dealkylation sites (tertiary alicyclic amines) is 1. The number of hydrogen-bond acceptors (Lipinski definition) is 4. The Hall–Kier alpha value is -2.15. The van der Waals surface area contributed by atoms with Gasteiger partial charge in [-0.2, -0.15) is 5.10 Å². The Kier molecular flexibility index (Phi) is 4.80. The molecule has 2 amide bonds. The average molecular weight is 358 g/mol. The molecule has 0 radical (unpaired) electrons. The minimum Gasteiger partial charge on any atom is -0.377 e. The number of nitrogens with zero attached hydrogens (tertiary/aromatic N) is 3. The summed E-state index contributed by atoms with van der Waals surface area (Å²) in [4.78, 5) is 27.6. The van der Waals surface area contributed by atoms with Crippen LogP contribution in [-0.2, 0) is 21.4 Å². The molecule has 7 heteroatoms. The van der Waals surface area contributed by atoms with Crippen molar-refractivity contribution >= 4 is 11.8 Å². The molecule has 26 heavy (non-hydrogen) atoms. The van der Waals surface area contributed by atoms with Crippen molar-refractivity contribution in [2.45, 2.75) is 44.2 Å². The molecule has 140 valence electrons. The second-order valence-corrected chi connectivity index (χ2v) is 7.42.